The molecule has 1 aromatic rings. The predicted octanol–water partition coefficient (Wildman–Crippen LogP) is -1.20. The van der Waals surface area contributed by atoms with E-state index < -0.39 is 41.4 Å². The molecule has 0 bridgehead atoms. The van der Waals surface area contributed by atoms with Crippen molar-refractivity contribution in [1.82, 2.24) is 14.5 Å². The van der Waals surface area contributed by atoms with Crippen LogP contribution < -0.4 is 16.6 Å². The monoisotopic (exact) mass is 369 g/mol. The molecule has 0 aromatic carbocycles. The number of aryl methyl sites for hydroxylation is 1. The third-order valence-corrected chi connectivity index (χ3v) is 3.54. The van der Waals surface area contributed by atoms with Gasteiger partial charge in [-0.2, -0.15) is 0 Å². The lowest BCUT2D eigenvalue weighted by Gasteiger charge is -2.16. The van der Waals surface area contributed by atoms with Crippen LogP contribution in [-0.2, 0) is 38.0 Å². The van der Waals surface area contributed by atoms with Crippen molar-refractivity contribution in [1.29, 1.82) is 0 Å². The van der Waals surface area contributed by atoms with E-state index in [0.717, 1.165) is 9.13 Å². The van der Waals surface area contributed by atoms with Crippen LogP contribution >= 0.6 is 0 Å². The van der Waals surface area contributed by atoms with Crippen LogP contribution in [0.15, 0.2) is 15.8 Å². The Balaban J connectivity index is 3.10. The summed E-state index contributed by atoms with van der Waals surface area (Å²) in [4.78, 5) is 59.8. The van der Waals surface area contributed by atoms with Crippen molar-refractivity contribution in [2.24, 2.45) is 14.1 Å². The molecule has 0 aliphatic rings. The number of esters is 2. The van der Waals surface area contributed by atoms with Crippen LogP contribution in [0.2, 0.25) is 0 Å². The van der Waals surface area contributed by atoms with Gasteiger partial charge in [-0.1, -0.05) is 0 Å². The molecule has 0 fully saturated rings. The fourth-order valence-corrected chi connectivity index (χ4v) is 2.28. The number of rotatable bonds is 8. The molecule has 10 heteroatoms. The number of hydrogen-bond donors (Lipinski definition) is 1. The lowest BCUT2D eigenvalue weighted by molar-refractivity contribution is -0.146. The molecular formula is C16H23N3O7. The number of carbonyl (C=O) groups excluding carboxylic acids is 3. The summed E-state index contributed by atoms with van der Waals surface area (Å²) in [5.41, 5.74) is -1.29. The van der Waals surface area contributed by atoms with Crippen LogP contribution in [0.4, 0.5) is 0 Å². The lowest BCUT2D eigenvalue weighted by Crippen LogP contribution is -2.41. The molecule has 1 amide bonds. The van der Waals surface area contributed by atoms with Gasteiger partial charge in [-0.05, 0) is 13.8 Å². The number of aromatic nitrogens is 2. The van der Waals surface area contributed by atoms with Gasteiger partial charge in [0.05, 0.1) is 19.1 Å². The van der Waals surface area contributed by atoms with Crippen molar-refractivity contribution in [2.45, 2.75) is 26.2 Å². The average molecular weight is 369 g/mol. The first-order valence-corrected chi connectivity index (χ1v) is 8.08. The summed E-state index contributed by atoms with van der Waals surface area (Å²) in [6.07, 6.45) is 0.802. The van der Waals surface area contributed by atoms with Crippen LogP contribution in [0, 0.1) is 0 Å². The maximum atomic E-state index is 12.4. The summed E-state index contributed by atoms with van der Waals surface area (Å²) < 4.78 is 11.6. The van der Waals surface area contributed by atoms with Gasteiger partial charge in [0, 0.05) is 32.3 Å². The Morgan fingerprint density at radius 3 is 2.31 bits per heavy atom. The smallest absolute Gasteiger partial charge is 0.330 e. The predicted molar refractivity (Wildman–Crippen MR) is 90.6 cm³/mol. The highest BCUT2D eigenvalue weighted by molar-refractivity contribution is 5.88. The zero-order valence-corrected chi connectivity index (χ0v) is 15.2. The molecule has 0 saturated carbocycles. The molecule has 0 aliphatic heterocycles. The van der Waals surface area contributed by atoms with Crippen molar-refractivity contribution < 1.29 is 23.9 Å². The standard InChI is InChI=1S/C16H23N3O7/c1-5-25-13(21)8-17-12(20)7-10(15(23)26-6-2)11-9-18(3)16(24)19(4)14(11)22/h9-10H,5-8H2,1-4H3,(H,17,20). The second-order valence-corrected chi connectivity index (χ2v) is 5.43. The second-order valence-electron chi connectivity index (χ2n) is 5.43. The Morgan fingerprint density at radius 1 is 1.12 bits per heavy atom. The minimum absolute atomic E-state index is 0.0423. The first-order chi connectivity index (χ1) is 12.2. The van der Waals surface area contributed by atoms with Gasteiger partial charge in [0.1, 0.15) is 6.54 Å². The van der Waals surface area contributed by atoms with E-state index in [9.17, 15) is 24.0 Å². The number of carbonyl (C=O) groups is 3. The van der Waals surface area contributed by atoms with Gasteiger partial charge in [0.15, 0.2) is 0 Å². The highest BCUT2D eigenvalue weighted by atomic mass is 16.5. The maximum absolute atomic E-state index is 12.4. The van der Waals surface area contributed by atoms with Gasteiger partial charge in [-0.15, -0.1) is 0 Å². The third kappa shape index (κ3) is 5.30. The molecule has 0 saturated heterocycles. The van der Waals surface area contributed by atoms with E-state index >= 15 is 0 Å². The van der Waals surface area contributed by atoms with Crippen molar-refractivity contribution in [3.8, 4) is 0 Å². The molecule has 1 aromatic heterocycles. The lowest BCUT2D eigenvalue weighted by atomic mass is 9.97. The summed E-state index contributed by atoms with van der Waals surface area (Å²) in [5, 5.41) is 2.33. The van der Waals surface area contributed by atoms with Crippen molar-refractivity contribution in [3.63, 3.8) is 0 Å². The minimum Gasteiger partial charge on any atom is -0.466 e. The Labute approximate surface area is 149 Å². The van der Waals surface area contributed by atoms with E-state index in [1.165, 1.54) is 20.3 Å². The van der Waals surface area contributed by atoms with Gasteiger partial charge < -0.3 is 19.4 Å². The summed E-state index contributed by atoms with van der Waals surface area (Å²) in [7, 11) is 2.70. The molecule has 1 rings (SSSR count). The highest BCUT2D eigenvalue weighted by Gasteiger charge is 2.29. The van der Waals surface area contributed by atoms with Gasteiger partial charge in [0.25, 0.3) is 5.56 Å². The first-order valence-electron chi connectivity index (χ1n) is 8.08. The second kappa shape index (κ2) is 9.54. The number of amides is 1. The van der Waals surface area contributed by atoms with Crippen molar-refractivity contribution in [2.75, 3.05) is 19.8 Å². The Hall–Kier alpha value is -2.91. The van der Waals surface area contributed by atoms with Gasteiger partial charge in [0.2, 0.25) is 5.91 Å². The maximum Gasteiger partial charge on any atom is 0.330 e. The average Bonchev–Trinajstić information content (AvgIpc) is 2.60. The van der Waals surface area contributed by atoms with Crippen LogP contribution in [0.5, 0.6) is 0 Å². The molecule has 0 aliphatic carbocycles. The summed E-state index contributed by atoms with van der Waals surface area (Å²) in [6.45, 7) is 3.11. The SMILES string of the molecule is CCOC(=O)CNC(=O)CC(C(=O)OCC)c1cn(C)c(=O)n(C)c1=O. The molecule has 1 unspecified atom stereocenters. The Kier molecular flexibility index (Phi) is 7.76. The molecule has 1 heterocycles. The van der Waals surface area contributed by atoms with Crippen molar-refractivity contribution >= 4 is 17.8 Å². The first kappa shape index (κ1) is 21.1. The summed E-state index contributed by atoms with van der Waals surface area (Å²) in [6, 6.07) is 0. The molecular weight excluding hydrogens is 346 g/mol. The van der Waals surface area contributed by atoms with Gasteiger partial charge in [-0.25, -0.2) is 4.79 Å². The van der Waals surface area contributed by atoms with Gasteiger partial charge in [-0.3, -0.25) is 23.7 Å². The zero-order chi connectivity index (χ0) is 19.9. The molecule has 1 N–H and O–H groups in total. The zero-order valence-electron chi connectivity index (χ0n) is 15.2. The van der Waals surface area contributed by atoms with Crippen molar-refractivity contribution in [3.05, 3.63) is 32.6 Å². The van der Waals surface area contributed by atoms with E-state index in [1.807, 2.05) is 0 Å². The third-order valence-electron chi connectivity index (χ3n) is 3.54. The van der Waals surface area contributed by atoms with Crippen LogP contribution in [0.3, 0.4) is 0 Å². The topological polar surface area (TPSA) is 126 Å². The van der Waals surface area contributed by atoms with Gasteiger partial charge >= 0.3 is 17.6 Å². The van der Waals surface area contributed by atoms with E-state index in [2.05, 4.69) is 5.32 Å². The highest BCUT2D eigenvalue weighted by Crippen LogP contribution is 2.18. The fourth-order valence-electron chi connectivity index (χ4n) is 2.28. The molecule has 0 spiro atoms. The van der Waals surface area contributed by atoms with E-state index in [4.69, 9.17) is 9.47 Å². The molecule has 1 atom stereocenters. The van der Waals surface area contributed by atoms with E-state index in [-0.39, 0.29) is 25.3 Å². The quantitative estimate of drug-likeness (QED) is 0.571. The molecule has 144 valence electrons. The Bertz CT molecular complexity index is 794. The molecule has 0 radical (unpaired) electrons. The summed E-state index contributed by atoms with van der Waals surface area (Å²) in [5.74, 6) is -3.23. The van der Waals surface area contributed by atoms with E-state index in [0.29, 0.717) is 0 Å². The summed E-state index contributed by atoms with van der Waals surface area (Å²) >= 11 is 0. The minimum atomic E-state index is -1.21. The Morgan fingerprint density at radius 2 is 1.73 bits per heavy atom. The number of nitrogens with one attached hydrogen (secondary N) is 1. The van der Waals surface area contributed by atoms with Crippen LogP contribution in [0.25, 0.3) is 0 Å². The number of ether oxygens (including phenoxy) is 2. The van der Waals surface area contributed by atoms with E-state index in [1.54, 1.807) is 13.8 Å². The van der Waals surface area contributed by atoms with Crippen LogP contribution in [0.1, 0.15) is 31.7 Å². The number of nitrogens with zero attached hydrogens (tertiary/aromatic N) is 2. The largest absolute Gasteiger partial charge is 0.466 e. The van der Waals surface area contributed by atoms with Crippen LogP contribution in [-0.4, -0.2) is 46.7 Å². The number of hydrogen-bond acceptors (Lipinski definition) is 7. The molecule has 26 heavy (non-hydrogen) atoms. The molecule has 10 nitrogen and oxygen atoms in total. The fraction of sp³-hybridized carbons (Fsp3) is 0.562. The normalized spacial score (nSPS) is 11.5.